The van der Waals surface area contributed by atoms with Crippen LogP contribution >= 0.6 is 0 Å². The van der Waals surface area contributed by atoms with Gasteiger partial charge in [-0.1, -0.05) is 0 Å². The van der Waals surface area contributed by atoms with Crippen molar-refractivity contribution in [3.05, 3.63) is 23.8 Å². The lowest BCUT2D eigenvalue weighted by Gasteiger charge is -2.28. The molecule has 1 aliphatic heterocycles. The summed E-state index contributed by atoms with van der Waals surface area (Å²) >= 11 is 0. The normalized spacial score (nSPS) is 13.7. The summed E-state index contributed by atoms with van der Waals surface area (Å²) in [5.74, 6) is -1.22. The van der Waals surface area contributed by atoms with E-state index in [1.807, 2.05) is 0 Å². The van der Waals surface area contributed by atoms with Gasteiger partial charge in [-0.3, -0.25) is 24.6 Å². The molecular formula is C19H25N3O8. The highest BCUT2D eigenvalue weighted by Crippen LogP contribution is 2.30. The number of aliphatic carboxylic acids is 1. The van der Waals surface area contributed by atoms with Crippen molar-refractivity contribution in [3.8, 4) is 5.75 Å². The average Bonchev–Trinajstić information content (AvgIpc) is 2.71. The van der Waals surface area contributed by atoms with Crippen LogP contribution in [0, 0.1) is 0 Å². The molecule has 1 fully saturated rings. The van der Waals surface area contributed by atoms with Crippen LogP contribution in [0.25, 0.3) is 0 Å². The predicted molar refractivity (Wildman–Crippen MR) is 105 cm³/mol. The number of carboxylic acid groups (broad SMARTS) is 1. The maximum absolute atomic E-state index is 12.4. The first-order chi connectivity index (χ1) is 14.4. The highest BCUT2D eigenvalue weighted by molar-refractivity contribution is 6.07. The van der Waals surface area contributed by atoms with E-state index in [1.165, 1.54) is 18.1 Å². The van der Waals surface area contributed by atoms with Crippen LogP contribution in [-0.2, 0) is 19.1 Å². The van der Waals surface area contributed by atoms with Gasteiger partial charge in [-0.2, -0.15) is 0 Å². The SMILES string of the molecule is COc1ccc(C(=O)NCCOCCOCCC(=O)O)cc1N1CCC(=O)NC1=O. The molecule has 1 saturated heterocycles. The quantitative estimate of drug-likeness (QED) is 0.409. The van der Waals surface area contributed by atoms with Crippen molar-refractivity contribution in [2.24, 2.45) is 0 Å². The molecule has 0 radical (unpaired) electrons. The number of amides is 4. The van der Waals surface area contributed by atoms with Gasteiger partial charge in [0.1, 0.15) is 5.75 Å². The molecule has 2 rings (SSSR count). The number of methoxy groups -OCH3 is 1. The zero-order chi connectivity index (χ0) is 21.9. The third-order valence-corrected chi connectivity index (χ3v) is 4.15. The Morgan fingerprint density at radius 1 is 1.17 bits per heavy atom. The Bertz CT molecular complexity index is 783. The molecule has 0 saturated carbocycles. The van der Waals surface area contributed by atoms with Gasteiger partial charge < -0.3 is 24.6 Å². The van der Waals surface area contributed by atoms with Gasteiger partial charge in [0.05, 0.1) is 45.6 Å². The van der Waals surface area contributed by atoms with Crippen LogP contribution in [0.1, 0.15) is 23.2 Å². The largest absolute Gasteiger partial charge is 0.495 e. The molecule has 0 atom stereocenters. The number of carbonyl (C=O) groups is 4. The Labute approximate surface area is 173 Å². The maximum Gasteiger partial charge on any atom is 0.328 e. The second-order valence-electron chi connectivity index (χ2n) is 6.27. The minimum Gasteiger partial charge on any atom is -0.495 e. The lowest BCUT2D eigenvalue weighted by atomic mass is 10.1. The molecule has 4 amide bonds. The standard InChI is InChI=1S/C19H25N3O8/c1-28-15-3-2-13(12-14(15)22-7-4-16(23)21-19(22)27)18(26)20-6-9-30-11-10-29-8-5-17(24)25/h2-3,12H,4-11H2,1H3,(H,20,26)(H,24,25)(H,21,23,27). The van der Waals surface area contributed by atoms with Crippen LogP contribution in [0.4, 0.5) is 10.5 Å². The number of rotatable bonds is 12. The predicted octanol–water partition coefficient (Wildman–Crippen LogP) is 0.379. The number of urea groups is 1. The monoisotopic (exact) mass is 423 g/mol. The Hall–Kier alpha value is -3.18. The zero-order valence-electron chi connectivity index (χ0n) is 16.6. The van der Waals surface area contributed by atoms with E-state index in [9.17, 15) is 19.2 Å². The maximum atomic E-state index is 12.4. The summed E-state index contributed by atoms with van der Waals surface area (Å²) in [5.41, 5.74) is 0.720. The molecule has 164 valence electrons. The van der Waals surface area contributed by atoms with E-state index in [0.717, 1.165) is 0 Å². The first-order valence-corrected chi connectivity index (χ1v) is 9.37. The van der Waals surface area contributed by atoms with Gasteiger partial charge in [0.25, 0.3) is 5.91 Å². The molecule has 0 aromatic heterocycles. The average molecular weight is 423 g/mol. The molecule has 0 spiro atoms. The Kier molecular flexibility index (Phi) is 9.03. The fraction of sp³-hybridized carbons (Fsp3) is 0.474. The summed E-state index contributed by atoms with van der Waals surface area (Å²) in [6.45, 7) is 1.38. The third kappa shape index (κ3) is 7.01. The Morgan fingerprint density at radius 3 is 2.57 bits per heavy atom. The molecule has 0 aliphatic carbocycles. The van der Waals surface area contributed by atoms with E-state index in [-0.39, 0.29) is 64.2 Å². The molecule has 30 heavy (non-hydrogen) atoms. The summed E-state index contributed by atoms with van der Waals surface area (Å²) in [6, 6.07) is 4.11. The lowest BCUT2D eigenvalue weighted by Crippen LogP contribution is -2.49. The van der Waals surface area contributed by atoms with Gasteiger partial charge in [-0.25, -0.2) is 4.79 Å². The molecule has 0 bridgehead atoms. The first kappa shape index (κ1) is 23.1. The van der Waals surface area contributed by atoms with Crippen molar-refractivity contribution in [2.75, 3.05) is 51.5 Å². The Balaban J connectivity index is 1.81. The minimum atomic E-state index is -0.922. The second kappa shape index (κ2) is 11.7. The van der Waals surface area contributed by atoms with Crippen LogP contribution in [-0.4, -0.2) is 75.5 Å². The van der Waals surface area contributed by atoms with Crippen molar-refractivity contribution >= 4 is 29.5 Å². The number of nitrogens with zero attached hydrogens (tertiary/aromatic N) is 1. The summed E-state index contributed by atoms with van der Waals surface area (Å²) < 4.78 is 15.7. The molecule has 1 heterocycles. The van der Waals surface area contributed by atoms with Gasteiger partial charge in [-0.05, 0) is 18.2 Å². The van der Waals surface area contributed by atoms with E-state index >= 15 is 0 Å². The number of imide groups is 1. The number of hydrogen-bond donors (Lipinski definition) is 3. The van der Waals surface area contributed by atoms with E-state index < -0.39 is 12.0 Å². The summed E-state index contributed by atoms with van der Waals surface area (Å²) in [6.07, 6.45) is 0.0952. The van der Waals surface area contributed by atoms with Gasteiger partial charge in [0.2, 0.25) is 5.91 Å². The molecule has 1 aliphatic rings. The summed E-state index contributed by atoms with van der Waals surface area (Å²) in [5, 5.41) is 13.4. The first-order valence-electron chi connectivity index (χ1n) is 9.37. The van der Waals surface area contributed by atoms with Crippen LogP contribution < -0.4 is 20.3 Å². The van der Waals surface area contributed by atoms with Crippen molar-refractivity contribution in [2.45, 2.75) is 12.8 Å². The molecule has 1 aromatic rings. The number of hydrogen-bond acceptors (Lipinski definition) is 7. The van der Waals surface area contributed by atoms with Gasteiger partial charge in [0, 0.05) is 25.1 Å². The smallest absolute Gasteiger partial charge is 0.328 e. The van der Waals surface area contributed by atoms with Crippen LogP contribution in [0.3, 0.4) is 0 Å². The molecule has 3 N–H and O–H groups in total. The number of ether oxygens (including phenoxy) is 3. The lowest BCUT2D eigenvalue weighted by molar-refractivity contribution is -0.138. The van der Waals surface area contributed by atoms with Gasteiger partial charge in [0.15, 0.2) is 0 Å². The van der Waals surface area contributed by atoms with E-state index in [0.29, 0.717) is 17.0 Å². The number of anilines is 1. The van der Waals surface area contributed by atoms with Crippen molar-refractivity contribution < 1.29 is 38.5 Å². The number of carbonyl (C=O) groups excluding carboxylic acids is 3. The Morgan fingerprint density at radius 2 is 1.90 bits per heavy atom. The number of benzene rings is 1. The van der Waals surface area contributed by atoms with E-state index in [4.69, 9.17) is 19.3 Å². The van der Waals surface area contributed by atoms with Crippen molar-refractivity contribution in [1.82, 2.24) is 10.6 Å². The highest BCUT2D eigenvalue weighted by atomic mass is 16.5. The molecule has 11 heteroatoms. The third-order valence-electron chi connectivity index (χ3n) is 4.15. The van der Waals surface area contributed by atoms with Crippen LogP contribution in [0.15, 0.2) is 18.2 Å². The summed E-state index contributed by atoms with van der Waals surface area (Å²) in [7, 11) is 1.45. The van der Waals surface area contributed by atoms with Crippen LogP contribution in [0.2, 0.25) is 0 Å². The topological polar surface area (TPSA) is 144 Å². The molecular weight excluding hydrogens is 398 g/mol. The fourth-order valence-electron chi connectivity index (χ4n) is 2.66. The molecule has 1 aromatic carbocycles. The van der Waals surface area contributed by atoms with Crippen LogP contribution in [0.5, 0.6) is 5.75 Å². The van der Waals surface area contributed by atoms with Gasteiger partial charge in [-0.15, -0.1) is 0 Å². The fourth-order valence-corrected chi connectivity index (χ4v) is 2.66. The van der Waals surface area contributed by atoms with Crippen molar-refractivity contribution in [3.63, 3.8) is 0 Å². The summed E-state index contributed by atoms with van der Waals surface area (Å²) in [4.78, 5) is 47.5. The second-order valence-corrected chi connectivity index (χ2v) is 6.27. The van der Waals surface area contributed by atoms with Crippen molar-refractivity contribution in [1.29, 1.82) is 0 Å². The number of carboxylic acids is 1. The zero-order valence-corrected chi connectivity index (χ0v) is 16.6. The molecule has 0 unspecified atom stereocenters. The van der Waals surface area contributed by atoms with Gasteiger partial charge >= 0.3 is 12.0 Å². The number of nitrogens with one attached hydrogen (secondary N) is 2. The van der Waals surface area contributed by atoms with E-state index in [2.05, 4.69) is 10.6 Å². The molecule has 11 nitrogen and oxygen atoms in total. The minimum absolute atomic E-state index is 0.0602. The highest BCUT2D eigenvalue weighted by Gasteiger charge is 2.27. The van der Waals surface area contributed by atoms with E-state index in [1.54, 1.807) is 12.1 Å².